The molecule has 0 aromatic carbocycles. The second kappa shape index (κ2) is 19.6. The van der Waals surface area contributed by atoms with E-state index in [0.717, 1.165) is 38.6 Å². The number of rotatable bonds is 6. The number of nitrogens with zero attached hydrogens (tertiary/aromatic N) is 6. The molecule has 13 nitrogen and oxygen atoms in total. The minimum atomic E-state index is -1.22. The summed E-state index contributed by atoms with van der Waals surface area (Å²) < 4.78 is 47.5. The Kier molecular flexibility index (Phi) is 16.9. The molecular formula is C24H36F3N7O6. The van der Waals surface area contributed by atoms with Gasteiger partial charge in [-0.3, -0.25) is 20.2 Å². The first-order chi connectivity index (χ1) is 19.1. The van der Waals surface area contributed by atoms with Gasteiger partial charge in [-0.05, 0) is 19.6 Å². The average Bonchev–Trinajstić information content (AvgIpc) is 2.96. The fraction of sp³-hybridized carbons (Fsp3) is 0.583. The van der Waals surface area contributed by atoms with E-state index >= 15 is 0 Å². The Morgan fingerprint density at radius 1 is 0.850 bits per heavy atom. The Labute approximate surface area is 230 Å². The van der Waals surface area contributed by atoms with Gasteiger partial charge in [-0.25, -0.2) is 9.97 Å². The van der Waals surface area contributed by atoms with Crippen LogP contribution in [0.2, 0.25) is 0 Å². The smallest absolute Gasteiger partial charge is 0.323 e. The van der Waals surface area contributed by atoms with Crippen molar-refractivity contribution < 1.29 is 32.5 Å². The van der Waals surface area contributed by atoms with Crippen LogP contribution >= 0.6 is 0 Å². The highest BCUT2D eigenvalue weighted by atomic mass is 19.1. The Hall–Kier alpha value is -3.47. The lowest BCUT2D eigenvalue weighted by molar-refractivity contribution is -0.387. The van der Waals surface area contributed by atoms with Crippen LogP contribution in [-0.2, 0) is 9.47 Å². The summed E-state index contributed by atoms with van der Waals surface area (Å²) in [5.41, 5.74) is -0.740. The third kappa shape index (κ3) is 13.1. The lowest BCUT2D eigenvalue weighted by Gasteiger charge is -2.28. The van der Waals surface area contributed by atoms with Gasteiger partial charge >= 0.3 is 11.4 Å². The van der Waals surface area contributed by atoms with Crippen LogP contribution in [0, 0.1) is 37.9 Å². The number of nitrogens with one attached hydrogen (secondary N) is 1. The van der Waals surface area contributed by atoms with Crippen molar-refractivity contribution in [2.75, 3.05) is 77.1 Å². The van der Waals surface area contributed by atoms with E-state index in [9.17, 15) is 33.4 Å². The number of halogens is 3. The van der Waals surface area contributed by atoms with Crippen molar-refractivity contribution in [3.8, 4) is 0 Å². The van der Waals surface area contributed by atoms with E-state index in [2.05, 4.69) is 41.0 Å². The zero-order chi connectivity index (χ0) is 29.9. The predicted molar refractivity (Wildman–Crippen MR) is 142 cm³/mol. The van der Waals surface area contributed by atoms with Gasteiger partial charge in [0.2, 0.25) is 17.7 Å². The molecule has 4 rings (SSSR count). The third-order valence-electron chi connectivity index (χ3n) is 5.56. The van der Waals surface area contributed by atoms with Crippen LogP contribution in [0.5, 0.6) is 0 Å². The van der Waals surface area contributed by atoms with Crippen molar-refractivity contribution in [2.24, 2.45) is 0 Å². The Balaban J connectivity index is 0.000000289. The van der Waals surface area contributed by atoms with Gasteiger partial charge in [-0.15, -0.1) is 0 Å². The summed E-state index contributed by atoms with van der Waals surface area (Å²) in [6.07, 6.45) is 1.48. The zero-order valence-electron chi connectivity index (χ0n) is 22.9. The van der Waals surface area contributed by atoms with Crippen LogP contribution in [0.3, 0.4) is 0 Å². The van der Waals surface area contributed by atoms with E-state index in [1.54, 1.807) is 4.90 Å². The molecule has 0 saturated carbocycles. The van der Waals surface area contributed by atoms with Crippen LogP contribution in [-0.4, -0.2) is 97.0 Å². The van der Waals surface area contributed by atoms with E-state index in [1.165, 1.54) is 19.6 Å². The lowest BCUT2D eigenvalue weighted by Crippen LogP contribution is -2.36. The molecule has 0 spiro atoms. The van der Waals surface area contributed by atoms with Crippen molar-refractivity contribution in [1.29, 1.82) is 0 Å². The molecule has 0 atom stereocenters. The van der Waals surface area contributed by atoms with Crippen LogP contribution < -0.4 is 10.2 Å². The number of hydrogen-bond acceptors (Lipinski definition) is 11. The van der Waals surface area contributed by atoms with Gasteiger partial charge in [0.15, 0.2) is 0 Å². The maximum absolute atomic E-state index is 13.0. The molecule has 0 bridgehead atoms. The summed E-state index contributed by atoms with van der Waals surface area (Å²) in [6.45, 7) is 16.0. The summed E-state index contributed by atoms with van der Waals surface area (Å²) in [5.74, 6) is -3.01. The van der Waals surface area contributed by atoms with Crippen LogP contribution in [0.1, 0.15) is 20.8 Å². The first-order valence-electron chi connectivity index (χ1n) is 12.7. The summed E-state index contributed by atoms with van der Waals surface area (Å²) >= 11 is 0. The Morgan fingerprint density at radius 2 is 1.32 bits per heavy atom. The number of hydrogen-bond donors (Lipinski definition) is 1. The van der Waals surface area contributed by atoms with Crippen LogP contribution in [0.25, 0.3) is 0 Å². The minimum absolute atomic E-state index is 0.177. The Morgan fingerprint density at radius 3 is 1.70 bits per heavy atom. The number of aromatic nitrogens is 2. The predicted octanol–water partition coefficient (Wildman–Crippen LogP) is 3.19. The van der Waals surface area contributed by atoms with E-state index in [0.29, 0.717) is 38.6 Å². The molecule has 1 N–H and O–H groups in total. The highest BCUT2D eigenvalue weighted by Crippen LogP contribution is 2.28. The molecule has 40 heavy (non-hydrogen) atoms. The minimum Gasteiger partial charge on any atom is -0.379 e. The van der Waals surface area contributed by atoms with Crippen molar-refractivity contribution in [1.82, 2.24) is 20.2 Å². The van der Waals surface area contributed by atoms with Gasteiger partial charge in [0.25, 0.3) is 0 Å². The fourth-order valence-corrected chi connectivity index (χ4v) is 3.33. The molecule has 2 aromatic rings. The van der Waals surface area contributed by atoms with Gasteiger partial charge in [0, 0.05) is 38.3 Å². The number of pyridine rings is 2. The van der Waals surface area contributed by atoms with Crippen molar-refractivity contribution in [3.05, 3.63) is 62.5 Å². The summed E-state index contributed by atoms with van der Waals surface area (Å²) in [4.78, 5) is 29.5. The number of anilines is 1. The second-order valence-electron chi connectivity index (χ2n) is 8.05. The highest BCUT2D eigenvalue weighted by molar-refractivity contribution is 5.62. The third-order valence-corrected chi connectivity index (χ3v) is 5.56. The average molecular weight is 576 g/mol. The molecule has 4 heterocycles. The molecular weight excluding hydrogens is 539 g/mol. The van der Waals surface area contributed by atoms with Crippen LogP contribution in [0.4, 0.5) is 30.2 Å². The maximum atomic E-state index is 13.0. The van der Waals surface area contributed by atoms with Gasteiger partial charge in [0.05, 0.1) is 36.3 Å². The highest BCUT2D eigenvalue weighted by Gasteiger charge is 2.22. The van der Waals surface area contributed by atoms with E-state index in [-0.39, 0.29) is 11.4 Å². The lowest BCUT2D eigenvalue weighted by atomic mass is 10.3. The standard InChI is InChI=1S/C9H10FN3O3.C6H15N.C5H2F2N2O2.C4H9NO/c10-9-5-7(8(6-11-9)13(14)15)12-1-3-16-4-2-12;1-4-7(5-2)6-3;6-3-1-5(7)8-2-4(3)9(10)11;1-3-6-4-2-5-1/h5-6H,1-4H2;4-6H2,1-3H3;1-2H;5H,1-4H2. The molecule has 0 amide bonds. The zero-order valence-corrected chi connectivity index (χ0v) is 22.9. The molecule has 2 aliphatic rings. The molecule has 2 saturated heterocycles. The normalized spacial score (nSPS) is 14.5. The molecule has 0 radical (unpaired) electrons. The largest absolute Gasteiger partial charge is 0.379 e. The van der Waals surface area contributed by atoms with Crippen molar-refractivity contribution in [3.63, 3.8) is 0 Å². The maximum Gasteiger partial charge on any atom is 0.323 e. The van der Waals surface area contributed by atoms with Crippen molar-refractivity contribution >= 4 is 17.1 Å². The molecule has 0 aliphatic carbocycles. The SMILES string of the molecule is C1COCCN1.CCN(CC)CC.O=[N+]([O-])c1cnc(F)cc1F.O=[N+]([O-])c1cnc(F)cc1N1CCOCC1. The van der Waals surface area contributed by atoms with Gasteiger partial charge in [-0.2, -0.15) is 13.2 Å². The van der Waals surface area contributed by atoms with Crippen molar-refractivity contribution in [2.45, 2.75) is 20.8 Å². The monoisotopic (exact) mass is 575 g/mol. The summed E-state index contributed by atoms with van der Waals surface area (Å²) in [6, 6.07) is 1.45. The molecule has 2 aromatic heterocycles. The Bertz CT molecular complexity index is 1020. The summed E-state index contributed by atoms with van der Waals surface area (Å²) in [5, 5.41) is 23.9. The first kappa shape index (κ1) is 34.6. The molecule has 2 aliphatic heterocycles. The number of ether oxygens (including phenoxy) is 2. The quantitative estimate of drug-likeness (QED) is 0.307. The van der Waals surface area contributed by atoms with Gasteiger partial charge in [-0.1, -0.05) is 20.8 Å². The van der Waals surface area contributed by atoms with E-state index in [1.807, 2.05) is 0 Å². The number of morpholine rings is 2. The first-order valence-corrected chi connectivity index (χ1v) is 12.7. The topological polar surface area (TPSA) is 149 Å². The molecule has 2 fully saturated rings. The molecule has 16 heteroatoms. The summed E-state index contributed by atoms with van der Waals surface area (Å²) in [7, 11) is 0. The van der Waals surface area contributed by atoms with Crippen LogP contribution in [0.15, 0.2) is 24.5 Å². The molecule has 224 valence electrons. The van der Waals surface area contributed by atoms with E-state index < -0.39 is 33.2 Å². The van der Waals surface area contributed by atoms with Gasteiger partial charge < -0.3 is 24.6 Å². The molecule has 0 unspecified atom stereocenters. The van der Waals surface area contributed by atoms with E-state index in [4.69, 9.17) is 9.47 Å². The number of nitro groups is 2. The fourth-order valence-electron chi connectivity index (χ4n) is 3.33. The second-order valence-corrected chi connectivity index (χ2v) is 8.05. The van der Waals surface area contributed by atoms with Gasteiger partial charge in [0.1, 0.15) is 18.1 Å².